The monoisotopic (exact) mass is 360 g/mol. The smallest absolute Gasteiger partial charge is 0.220 e. The molecule has 1 aromatic rings. The van der Waals surface area contributed by atoms with Crippen LogP contribution in [0.15, 0.2) is 29.3 Å². The number of benzene rings is 1. The number of rotatable bonds is 6. The molecule has 6 nitrogen and oxygen atoms in total. The number of piperidine rings is 1. The molecule has 1 unspecified atom stereocenters. The van der Waals surface area contributed by atoms with Gasteiger partial charge in [0.25, 0.3) is 0 Å². The molecule has 0 bridgehead atoms. The van der Waals surface area contributed by atoms with E-state index in [1.54, 1.807) is 0 Å². The van der Waals surface area contributed by atoms with Crippen molar-refractivity contribution in [2.24, 2.45) is 4.99 Å². The molecule has 0 spiro atoms. The molecular weight excluding hydrogens is 328 g/mol. The largest absolute Gasteiger partial charge is 0.491 e. The number of carbonyl (C=O) groups is 1. The van der Waals surface area contributed by atoms with Crippen LogP contribution < -0.4 is 20.7 Å². The number of ether oxygens (including phenoxy) is 1. The number of hydrogen-bond acceptors (Lipinski definition) is 3. The van der Waals surface area contributed by atoms with E-state index >= 15 is 0 Å². The number of nitrogens with zero attached hydrogens (tertiary/aromatic N) is 1. The zero-order valence-electron chi connectivity index (χ0n) is 16.4. The lowest BCUT2D eigenvalue weighted by Gasteiger charge is -2.25. The van der Waals surface area contributed by atoms with Crippen LogP contribution in [0.5, 0.6) is 5.75 Å². The molecule has 1 atom stereocenters. The van der Waals surface area contributed by atoms with E-state index in [9.17, 15) is 4.79 Å². The van der Waals surface area contributed by atoms with Crippen molar-refractivity contribution < 1.29 is 9.53 Å². The van der Waals surface area contributed by atoms with Crippen LogP contribution in [0.25, 0.3) is 0 Å². The minimum absolute atomic E-state index is 0.0434. The quantitative estimate of drug-likeness (QED) is 0.413. The number of carbonyl (C=O) groups excluding carboxylic acids is 1. The van der Waals surface area contributed by atoms with Gasteiger partial charge in [0.2, 0.25) is 5.91 Å². The average Bonchev–Trinajstić information content (AvgIpc) is 2.60. The summed E-state index contributed by atoms with van der Waals surface area (Å²) in [5, 5.41) is 9.51. The molecule has 1 heterocycles. The summed E-state index contributed by atoms with van der Waals surface area (Å²) in [6.45, 7) is 11.1. The van der Waals surface area contributed by atoms with Gasteiger partial charge in [-0.25, -0.2) is 4.99 Å². The summed E-state index contributed by atoms with van der Waals surface area (Å²) in [5.41, 5.74) is 1.24. The first-order valence-electron chi connectivity index (χ1n) is 9.44. The van der Waals surface area contributed by atoms with Gasteiger partial charge >= 0.3 is 0 Å². The van der Waals surface area contributed by atoms with E-state index in [-0.39, 0.29) is 17.4 Å². The lowest BCUT2D eigenvalue weighted by molar-refractivity contribution is -0.122. The minimum atomic E-state index is 0.0434. The fourth-order valence-corrected chi connectivity index (χ4v) is 2.89. The van der Waals surface area contributed by atoms with Crippen molar-refractivity contribution in [3.05, 3.63) is 29.8 Å². The SMILES string of the molecule is CCNC(=NCCOc1ccccc1C(C)(C)C)NC1CCC(=O)NC1. The Bertz CT molecular complexity index is 612. The van der Waals surface area contributed by atoms with Gasteiger partial charge in [0.1, 0.15) is 12.4 Å². The van der Waals surface area contributed by atoms with Gasteiger partial charge in [-0.2, -0.15) is 0 Å². The van der Waals surface area contributed by atoms with Crippen LogP contribution in [0.1, 0.15) is 46.1 Å². The highest BCUT2D eigenvalue weighted by Crippen LogP contribution is 2.30. The van der Waals surface area contributed by atoms with Crippen LogP contribution >= 0.6 is 0 Å². The molecular formula is C20H32N4O2. The summed E-state index contributed by atoms with van der Waals surface area (Å²) >= 11 is 0. The third kappa shape index (κ3) is 6.24. The van der Waals surface area contributed by atoms with E-state index in [0.29, 0.717) is 26.1 Å². The van der Waals surface area contributed by atoms with Gasteiger partial charge in [0, 0.05) is 25.6 Å². The van der Waals surface area contributed by atoms with Gasteiger partial charge < -0.3 is 20.7 Å². The van der Waals surface area contributed by atoms with Crippen LogP contribution in [0.2, 0.25) is 0 Å². The van der Waals surface area contributed by atoms with Gasteiger partial charge in [-0.3, -0.25) is 4.79 Å². The Labute approximate surface area is 156 Å². The van der Waals surface area contributed by atoms with Crippen LogP contribution in [0, 0.1) is 0 Å². The van der Waals surface area contributed by atoms with E-state index in [4.69, 9.17) is 4.74 Å². The molecule has 6 heteroatoms. The van der Waals surface area contributed by atoms with Crippen molar-refractivity contribution in [1.82, 2.24) is 16.0 Å². The molecule has 3 N–H and O–H groups in total. The van der Waals surface area contributed by atoms with Gasteiger partial charge in [-0.1, -0.05) is 39.0 Å². The third-order valence-corrected chi connectivity index (χ3v) is 4.26. The highest BCUT2D eigenvalue weighted by Gasteiger charge is 2.19. The van der Waals surface area contributed by atoms with Crippen molar-refractivity contribution in [1.29, 1.82) is 0 Å². The maximum absolute atomic E-state index is 11.3. The number of aliphatic imine (C=N–C) groups is 1. The first kappa shape index (κ1) is 20.1. The Balaban J connectivity index is 1.87. The van der Waals surface area contributed by atoms with Gasteiger partial charge in [-0.05, 0) is 30.4 Å². The molecule has 2 rings (SSSR count). The summed E-state index contributed by atoms with van der Waals surface area (Å²) in [6, 6.07) is 8.38. The maximum Gasteiger partial charge on any atom is 0.220 e. The molecule has 144 valence electrons. The van der Waals surface area contributed by atoms with Crippen LogP contribution in [-0.4, -0.2) is 44.1 Å². The van der Waals surface area contributed by atoms with Crippen LogP contribution in [0.3, 0.4) is 0 Å². The highest BCUT2D eigenvalue weighted by molar-refractivity contribution is 5.81. The van der Waals surface area contributed by atoms with Crippen molar-refractivity contribution in [3.63, 3.8) is 0 Å². The highest BCUT2D eigenvalue weighted by atomic mass is 16.5. The fourth-order valence-electron chi connectivity index (χ4n) is 2.89. The number of guanidine groups is 1. The predicted octanol–water partition coefficient (Wildman–Crippen LogP) is 2.20. The summed E-state index contributed by atoms with van der Waals surface area (Å²) in [7, 11) is 0. The van der Waals surface area contributed by atoms with E-state index < -0.39 is 0 Å². The first-order valence-corrected chi connectivity index (χ1v) is 9.44. The average molecular weight is 361 g/mol. The van der Waals surface area contributed by atoms with Crippen LogP contribution in [0.4, 0.5) is 0 Å². The summed E-state index contributed by atoms with van der Waals surface area (Å²) in [5.74, 6) is 1.81. The Morgan fingerprint density at radius 1 is 1.35 bits per heavy atom. The molecule has 1 aromatic carbocycles. The summed E-state index contributed by atoms with van der Waals surface area (Å²) < 4.78 is 5.98. The van der Waals surface area contributed by atoms with Gasteiger partial charge in [0.05, 0.1) is 6.54 Å². The molecule has 1 fully saturated rings. The molecule has 0 aliphatic carbocycles. The van der Waals surface area contributed by atoms with E-state index in [1.807, 2.05) is 25.1 Å². The third-order valence-electron chi connectivity index (χ3n) is 4.26. The second kappa shape index (κ2) is 9.46. The molecule has 1 aliphatic heterocycles. The Hall–Kier alpha value is -2.24. The minimum Gasteiger partial charge on any atom is -0.491 e. The second-order valence-electron chi connectivity index (χ2n) is 7.54. The standard InChI is InChI=1S/C20H32N4O2/c1-5-21-19(24-15-10-11-18(25)23-14-15)22-12-13-26-17-9-7-6-8-16(17)20(2,3)4/h6-9,15H,5,10-14H2,1-4H3,(H,23,25)(H2,21,22,24). The summed E-state index contributed by atoms with van der Waals surface area (Å²) in [6.07, 6.45) is 1.38. The van der Waals surface area contributed by atoms with Crippen molar-refractivity contribution in [2.75, 3.05) is 26.2 Å². The number of para-hydroxylation sites is 1. The Morgan fingerprint density at radius 3 is 2.77 bits per heavy atom. The molecule has 0 radical (unpaired) electrons. The molecule has 1 saturated heterocycles. The Kier molecular flexibility index (Phi) is 7.30. The van der Waals surface area contributed by atoms with Crippen molar-refractivity contribution in [2.45, 2.75) is 52.0 Å². The Morgan fingerprint density at radius 2 is 2.12 bits per heavy atom. The summed E-state index contributed by atoms with van der Waals surface area (Å²) in [4.78, 5) is 15.9. The lowest BCUT2D eigenvalue weighted by atomic mass is 9.86. The van der Waals surface area contributed by atoms with E-state index in [1.165, 1.54) is 5.56 Å². The zero-order valence-corrected chi connectivity index (χ0v) is 16.4. The predicted molar refractivity (Wildman–Crippen MR) is 106 cm³/mol. The van der Waals surface area contributed by atoms with Gasteiger partial charge in [0.15, 0.2) is 5.96 Å². The molecule has 26 heavy (non-hydrogen) atoms. The van der Waals surface area contributed by atoms with Crippen molar-refractivity contribution in [3.8, 4) is 5.75 Å². The van der Waals surface area contributed by atoms with Gasteiger partial charge in [-0.15, -0.1) is 0 Å². The number of hydrogen-bond donors (Lipinski definition) is 3. The topological polar surface area (TPSA) is 74.8 Å². The molecule has 1 aliphatic rings. The zero-order chi connectivity index (χ0) is 19.0. The maximum atomic E-state index is 11.3. The fraction of sp³-hybridized carbons (Fsp3) is 0.600. The molecule has 0 saturated carbocycles. The normalized spacial score (nSPS) is 18.2. The van der Waals surface area contributed by atoms with Crippen LogP contribution in [-0.2, 0) is 10.2 Å². The lowest BCUT2D eigenvalue weighted by Crippen LogP contribution is -2.51. The van der Waals surface area contributed by atoms with Crippen molar-refractivity contribution >= 4 is 11.9 Å². The first-order chi connectivity index (χ1) is 12.4. The number of nitrogens with one attached hydrogen (secondary N) is 3. The number of amides is 1. The molecule has 1 amide bonds. The second-order valence-corrected chi connectivity index (χ2v) is 7.54. The molecule has 0 aromatic heterocycles. The van der Waals surface area contributed by atoms with E-state index in [2.05, 4.69) is 47.8 Å². The van der Waals surface area contributed by atoms with E-state index in [0.717, 1.165) is 24.7 Å².